The summed E-state index contributed by atoms with van der Waals surface area (Å²) in [5, 5.41) is 0. The highest BCUT2D eigenvalue weighted by Gasteiger charge is 2.06. The summed E-state index contributed by atoms with van der Waals surface area (Å²) in [7, 11) is 0. The lowest BCUT2D eigenvalue weighted by atomic mass is 10.0. The molecule has 0 bridgehead atoms. The first-order chi connectivity index (χ1) is 9.47. The van der Waals surface area contributed by atoms with E-state index in [0.717, 1.165) is 16.2 Å². The lowest BCUT2D eigenvalue weighted by Crippen LogP contribution is -1.94. The van der Waals surface area contributed by atoms with Gasteiger partial charge in [-0.15, -0.1) is 11.8 Å². The number of ketones is 1. The Morgan fingerprint density at radius 1 is 1.05 bits per heavy atom. The van der Waals surface area contributed by atoms with Gasteiger partial charge in [-0.2, -0.15) is 0 Å². The van der Waals surface area contributed by atoms with Crippen LogP contribution >= 0.6 is 11.8 Å². The zero-order valence-corrected chi connectivity index (χ0v) is 13.3. The van der Waals surface area contributed by atoms with E-state index in [1.54, 1.807) is 18.7 Å². The van der Waals surface area contributed by atoms with E-state index in [1.165, 1.54) is 22.3 Å². The number of hydrogen-bond acceptors (Lipinski definition) is 2. The fourth-order valence-electron chi connectivity index (χ4n) is 2.40. The van der Waals surface area contributed by atoms with Gasteiger partial charge < -0.3 is 0 Å². The fraction of sp³-hybridized carbons (Fsp3) is 0.278. The van der Waals surface area contributed by atoms with Crippen molar-refractivity contribution in [3.8, 4) is 0 Å². The summed E-state index contributed by atoms with van der Waals surface area (Å²) in [6.45, 7) is 8.08. The van der Waals surface area contributed by atoms with Crippen LogP contribution in [0.1, 0.15) is 39.5 Å². The second-order valence-electron chi connectivity index (χ2n) is 5.25. The highest BCUT2D eigenvalue weighted by atomic mass is 32.2. The van der Waals surface area contributed by atoms with Crippen molar-refractivity contribution in [1.29, 1.82) is 0 Å². The number of carbonyl (C=O) groups excluding carboxylic acids is 1. The Morgan fingerprint density at radius 2 is 1.70 bits per heavy atom. The molecule has 0 saturated carbocycles. The third kappa shape index (κ3) is 3.51. The fourth-order valence-corrected chi connectivity index (χ4v) is 3.55. The topological polar surface area (TPSA) is 17.1 Å². The number of thioether (sulfide) groups is 1. The van der Waals surface area contributed by atoms with Crippen molar-refractivity contribution >= 4 is 17.5 Å². The van der Waals surface area contributed by atoms with E-state index in [4.69, 9.17) is 0 Å². The Morgan fingerprint density at radius 3 is 2.30 bits per heavy atom. The molecule has 20 heavy (non-hydrogen) atoms. The molecule has 0 amide bonds. The van der Waals surface area contributed by atoms with Gasteiger partial charge in [0, 0.05) is 16.2 Å². The van der Waals surface area contributed by atoms with Crippen LogP contribution in [0.2, 0.25) is 0 Å². The third-order valence-corrected chi connectivity index (χ3v) is 4.48. The summed E-state index contributed by atoms with van der Waals surface area (Å²) in [5.41, 5.74) is 6.18. The summed E-state index contributed by atoms with van der Waals surface area (Å²) in [5.74, 6) is 1.06. The normalized spacial score (nSPS) is 10.6. The summed E-state index contributed by atoms with van der Waals surface area (Å²) < 4.78 is 0. The molecular weight excluding hydrogens is 264 g/mol. The lowest BCUT2D eigenvalue weighted by molar-refractivity contribution is 0.101. The van der Waals surface area contributed by atoms with Gasteiger partial charge in [0.1, 0.15) is 0 Å². The van der Waals surface area contributed by atoms with E-state index in [1.807, 2.05) is 18.2 Å². The van der Waals surface area contributed by atoms with Gasteiger partial charge in [-0.3, -0.25) is 4.79 Å². The van der Waals surface area contributed by atoms with E-state index in [0.29, 0.717) is 0 Å². The van der Waals surface area contributed by atoms with Gasteiger partial charge in [0.25, 0.3) is 0 Å². The molecule has 0 aliphatic heterocycles. The van der Waals surface area contributed by atoms with Crippen LogP contribution in [0.3, 0.4) is 0 Å². The van der Waals surface area contributed by atoms with Crippen molar-refractivity contribution < 1.29 is 4.79 Å². The van der Waals surface area contributed by atoms with E-state index in [9.17, 15) is 4.79 Å². The molecule has 0 radical (unpaired) electrons. The molecular formula is C18H20OS. The molecule has 104 valence electrons. The Balaban J connectivity index is 2.17. The average molecular weight is 284 g/mol. The van der Waals surface area contributed by atoms with Gasteiger partial charge in [-0.25, -0.2) is 0 Å². The molecule has 0 spiro atoms. The second kappa shape index (κ2) is 6.27. The molecule has 2 aromatic rings. The van der Waals surface area contributed by atoms with E-state index in [2.05, 4.69) is 39.0 Å². The minimum Gasteiger partial charge on any atom is -0.295 e. The van der Waals surface area contributed by atoms with Gasteiger partial charge in [0.05, 0.1) is 0 Å². The zero-order chi connectivity index (χ0) is 14.7. The van der Waals surface area contributed by atoms with Gasteiger partial charge >= 0.3 is 0 Å². The number of aryl methyl sites for hydroxylation is 3. The summed E-state index contributed by atoms with van der Waals surface area (Å²) in [6, 6.07) is 12.3. The summed E-state index contributed by atoms with van der Waals surface area (Å²) in [4.78, 5) is 12.6. The Kier molecular flexibility index (Phi) is 4.66. The van der Waals surface area contributed by atoms with Crippen molar-refractivity contribution in [1.82, 2.24) is 0 Å². The van der Waals surface area contributed by atoms with Gasteiger partial charge in [0.2, 0.25) is 0 Å². The number of rotatable bonds is 4. The minimum absolute atomic E-state index is 0.121. The highest BCUT2D eigenvalue weighted by molar-refractivity contribution is 7.98. The zero-order valence-electron chi connectivity index (χ0n) is 12.5. The molecule has 2 rings (SSSR count). The van der Waals surface area contributed by atoms with Gasteiger partial charge in [0.15, 0.2) is 5.78 Å². The first-order valence-electron chi connectivity index (χ1n) is 6.78. The molecule has 0 heterocycles. The van der Waals surface area contributed by atoms with Crippen molar-refractivity contribution in [3.63, 3.8) is 0 Å². The first kappa shape index (κ1) is 14.9. The predicted molar refractivity (Wildman–Crippen MR) is 86.7 cm³/mol. The molecule has 2 heteroatoms. The Labute approximate surface area is 125 Å². The molecule has 0 aromatic heterocycles. The van der Waals surface area contributed by atoms with Crippen LogP contribution in [0.4, 0.5) is 0 Å². The molecule has 0 unspecified atom stereocenters. The van der Waals surface area contributed by atoms with E-state index >= 15 is 0 Å². The smallest absolute Gasteiger partial charge is 0.159 e. The maximum Gasteiger partial charge on any atom is 0.159 e. The number of hydrogen-bond donors (Lipinski definition) is 0. The molecule has 1 nitrogen and oxygen atoms in total. The number of Topliss-reactive ketones (excluding diaryl/α,β-unsaturated/α-hetero) is 1. The van der Waals surface area contributed by atoms with E-state index in [-0.39, 0.29) is 5.78 Å². The van der Waals surface area contributed by atoms with E-state index < -0.39 is 0 Å². The number of carbonyl (C=O) groups is 1. The van der Waals surface area contributed by atoms with Crippen LogP contribution in [0, 0.1) is 20.8 Å². The van der Waals surface area contributed by atoms with Crippen LogP contribution in [0.15, 0.2) is 41.3 Å². The van der Waals surface area contributed by atoms with Crippen molar-refractivity contribution in [2.75, 3.05) is 0 Å². The van der Waals surface area contributed by atoms with Gasteiger partial charge in [-0.1, -0.05) is 29.8 Å². The van der Waals surface area contributed by atoms with Crippen molar-refractivity contribution in [3.05, 3.63) is 64.2 Å². The quantitative estimate of drug-likeness (QED) is 0.573. The van der Waals surface area contributed by atoms with Crippen LogP contribution in [0.5, 0.6) is 0 Å². The van der Waals surface area contributed by atoms with Crippen molar-refractivity contribution in [2.24, 2.45) is 0 Å². The second-order valence-corrected chi connectivity index (χ2v) is 6.30. The van der Waals surface area contributed by atoms with Gasteiger partial charge in [-0.05, 0) is 56.5 Å². The monoisotopic (exact) mass is 284 g/mol. The number of benzene rings is 2. The minimum atomic E-state index is 0.121. The van der Waals surface area contributed by atoms with Crippen LogP contribution < -0.4 is 0 Å². The third-order valence-electron chi connectivity index (χ3n) is 3.46. The molecule has 0 saturated heterocycles. The van der Waals surface area contributed by atoms with Crippen LogP contribution in [-0.4, -0.2) is 5.78 Å². The SMILES string of the molecule is CC(=O)c1cccc(SCc2c(C)cc(C)cc2C)c1. The maximum absolute atomic E-state index is 11.4. The molecule has 0 aliphatic carbocycles. The Hall–Kier alpha value is -1.54. The Bertz CT molecular complexity index is 621. The summed E-state index contributed by atoms with van der Waals surface area (Å²) >= 11 is 1.79. The first-order valence-corrected chi connectivity index (χ1v) is 7.76. The molecule has 2 aromatic carbocycles. The summed E-state index contributed by atoms with van der Waals surface area (Å²) in [6.07, 6.45) is 0. The van der Waals surface area contributed by atoms with Crippen LogP contribution in [0.25, 0.3) is 0 Å². The van der Waals surface area contributed by atoms with Crippen LogP contribution in [-0.2, 0) is 5.75 Å². The largest absolute Gasteiger partial charge is 0.295 e. The highest BCUT2D eigenvalue weighted by Crippen LogP contribution is 2.27. The maximum atomic E-state index is 11.4. The molecule has 0 aliphatic rings. The predicted octanol–water partition coefficient (Wildman–Crippen LogP) is 5.11. The average Bonchev–Trinajstić information content (AvgIpc) is 2.37. The molecule has 0 fully saturated rings. The van der Waals surface area contributed by atoms with Crippen molar-refractivity contribution in [2.45, 2.75) is 38.3 Å². The molecule has 0 N–H and O–H groups in total. The molecule has 0 atom stereocenters. The standard InChI is InChI=1S/C18H20OS/c1-12-8-13(2)18(14(3)9-12)11-20-17-7-5-6-16(10-17)15(4)19/h5-10H,11H2,1-4H3. The lowest BCUT2D eigenvalue weighted by Gasteiger charge is -2.11.